The fourth-order valence-electron chi connectivity index (χ4n) is 2.81. The summed E-state index contributed by atoms with van der Waals surface area (Å²) in [6.07, 6.45) is 8.65. The van der Waals surface area contributed by atoms with Gasteiger partial charge in [-0.05, 0) is 43.7 Å². The summed E-state index contributed by atoms with van der Waals surface area (Å²) in [5.41, 5.74) is 1.29. The van der Waals surface area contributed by atoms with Crippen LogP contribution in [0.4, 0.5) is 0 Å². The van der Waals surface area contributed by atoms with Gasteiger partial charge in [0.2, 0.25) is 0 Å². The van der Waals surface area contributed by atoms with Gasteiger partial charge in [-0.1, -0.05) is 6.07 Å². The van der Waals surface area contributed by atoms with Gasteiger partial charge in [0, 0.05) is 25.5 Å². The van der Waals surface area contributed by atoms with Gasteiger partial charge in [0.25, 0.3) is 5.91 Å². The normalized spacial score (nSPS) is 16.1. The van der Waals surface area contributed by atoms with Crippen molar-refractivity contribution in [3.8, 4) is 0 Å². The Morgan fingerprint density at radius 2 is 2.19 bits per heavy atom. The molecule has 0 unspecified atom stereocenters. The Kier molecular flexibility index (Phi) is 4.29. The fraction of sp³-hybridized carbons (Fsp3) is 0.438. The van der Waals surface area contributed by atoms with E-state index in [4.69, 9.17) is 0 Å². The van der Waals surface area contributed by atoms with Crippen LogP contribution in [0.5, 0.6) is 0 Å². The van der Waals surface area contributed by atoms with Crippen LogP contribution in [0.3, 0.4) is 0 Å². The molecule has 1 fully saturated rings. The van der Waals surface area contributed by atoms with E-state index in [9.17, 15) is 4.79 Å². The summed E-state index contributed by atoms with van der Waals surface area (Å²) in [7, 11) is 0. The molecule has 21 heavy (non-hydrogen) atoms. The van der Waals surface area contributed by atoms with Crippen molar-refractivity contribution in [2.75, 3.05) is 13.1 Å². The quantitative estimate of drug-likeness (QED) is 0.875. The molecule has 1 amide bonds. The van der Waals surface area contributed by atoms with Crippen LogP contribution in [-0.2, 0) is 6.42 Å². The highest BCUT2D eigenvalue weighted by molar-refractivity contribution is 7.13. The van der Waals surface area contributed by atoms with Crippen LogP contribution >= 0.6 is 11.3 Å². The third-order valence-electron chi connectivity index (χ3n) is 3.98. The maximum absolute atomic E-state index is 12.4. The molecule has 1 aliphatic heterocycles. The molecular formula is C16H19N3OS. The van der Waals surface area contributed by atoms with Crippen molar-refractivity contribution in [2.45, 2.75) is 26.2 Å². The van der Waals surface area contributed by atoms with E-state index in [0.29, 0.717) is 5.92 Å². The first-order valence-corrected chi connectivity index (χ1v) is 8.14. The Balaban J connectivity index is 1.54. The van der Waals surface area contributed by atoms with E-state index in [2.05, 4.69) is 16.0 Å². The molecule has 0 bridgehead atoms. The summed E-state index contributed by atoms with van der Waals surface area (Å²) in [5.74, 6) is 0.793. The average molecular weight is 301 g/mol. The van der Waals surface area contributed by atoms with E-state index in [1.165, 1.54) is 16.9 Å². The second-order valence-electron chi connectivity index (χ2n) is 5.54. The zero-order valence-electron chi connectivity index (χ0n) is 12.2. The van der Waals surface area contributed by atoms with Gasteiger partial charge in [0.1, 0.15) is 4.88 Å². The summed E-state index contributed by atoms with van der Waals surface area (Å²) in [5, 5.41) is 0.949. The van der Waals surface area contributed by atoms with Crippen LogP contribution in [0, 0.1) is 12.8 Å². The van der Waals surface area contributed by atoms with Gasteiger partial charge in [-0.15, -0.1) is 11.3 Å². The van der Waals surface area contributed by atoms with Crippen molar-refractivity contribution in [2.24, 2.45) is 5.92 Å². The minimum atomic E-state index is 0.139. The lowest BCUT2D eigenvalue weighted by Gasteiger charge is -2.31. The molecule has 0 aliphatic carbocycles. The van der Waals surface area contributed by atoms with Gasteiger partial charge in [-0.25, -0.2) is 4.98 Å². The average Bonchev–Trinajstić information content (AvgIpc) is 2.95. The standard InChI is InChI=1S/C16H19N3OS/c1-12-18-11-15(21-12)16(20)19-7-4-13(5-8-19)9-14-3-2-6-17-10-14/h2-3,6,10-11,13H,4-5,7-9H2,1H3. The van der Waals surface area contributed by atoms with Crippen molar-refractivity contribution in [1.82, 2.24) is 14.9 Å². The summed E-state index contributed by atoms with van der Waals surface area (Å²) in [6, 6.07) is 4.12. The molecule has 0 atom stereocenters. The number of aryl methyl sites for hydroxylation is 1. The summed E-state index contributed by atoms with van der Waals surface area (Å²) in [6.45, 7) is 3.63. The molecule has 1 saturated heterocycles. The highest BCUT2D eigenvalue weighted by atomic mass is 32.1. The van der Waals surface area contributed by atoms with Crippen molar-refractivity contribution in [3.05, 3.63) is 46.2 Å². The summed E-state index contributed by atoms with van der Waals surface area (Å²) < 4.78 is 0. The molecule has 3 heterocycles. The molecular weight excluding hydrogens is 282 g/mol. The van der Waals surface area contributed by atoms with Gasteiger partial charge in [0.15, 0.2) is 0 Å². The molecule has 0 spiro atoms. The fourth-order valence-corrected chi connectivity index (χ4v) is 3.55. The lowest BCUT2D eigenvalue weighted by Crippen LogP contribution is -2.38. The number of pyridine rings is 1. The van der Waals surface area contributed by atoms with Gasteiger partial charge >= 0.3 is 0 Å². The molecule has 2 aromatic rings. The Labute approximate surface area is 128 Å². The van der Waals surface area contributed by atoms with Crippen molar-refractivity contribution < 1.29 is 4.79 Å². The van der Waals surface area contributed by atoms with Gasteiger partial charge in [-0.3, -0.25) is 9.78 Å². The number of piperidine rings is 1. The second kappa shape index (κ2) is 6.35. The topological polar surface area (TPSA) is 46.1 Å². The predicted octanol–water partition coefficient (Wildman–Crippen LogP) is 2.94. The molecule has 2 aromatic heterocycles. The highest BCUT2D eigenvalue weighted by Crippen LogP contribution is 2.23. The number of nitrogens with zero attached hydrogens (tertiary/aromatic N) is 3. The molecule has 4 nitrogen and oxygen atoms in total. The first kappa shape index (κ1) is 14.2. The summed E-state index contributed by atoms with van der Waals surface area (Å²) in [4.78, 5) is 23.4. The van der Waals surface area contributed by atoms with E-state index in [1.54, 1.807) is 6.20 Å². The third-order valence-corrected chi connectivity index (χ3v) is 4.88. The zero-order chi connectivity index (χ0) is 14.7. The molecule has 5 heteroatoms. The van der Waals surface area contributed by atoms with Crippen LogP contribution in [0.1, 0.15) is 33.1 Å². The van der Waals surface area contributed by atoms with E-state index in [0.717, 1.165) is 42.2 Å². The minimum absolute atomic E-state index is 0.139. The molecule has 1 aliphatic rings. The van der Waals surface area contributed by atoms with Crippen LogP contribution in [-0.4, -0.2) is 33.9 Å². The predicted molar refractivity (Wildman–Crippen MR) is 83.4 cm³/mol. The molecule has 110 valence electrons. The summed E-state index contributed by atoms with van der Waals surface area (Å²) >= 11 is 1.48. The highest BCUT2D eigenvalue weighted by Gasteiger charge is 2.24. The van der Waals surface area contributed by atoms with Crippen LogP contribution in [0.2, 0.25) is 0 Å². The largest absolute Gasteiger partial charge is 0.338 e. The zero-order valence-corrected chi connectivity index (χ0v) is 13.0. The number of hydrogen-bond acceptors (Lipinski definition) is 4. The number of rotatable bonds is 3. The number of thiazole rings is 1. The van der Waals surface area contributed by atoms with Gasteiger partial charge in [0.05, 0.1) is 11.2 Å². The lowest BCUT2D eigenvalue weighted by molar-refractivity contribution is 0.0695. The van der Waals surface area contributed by atoms with Gasteiger partial charge < -0.3 is 4.90 Å². The second-order valence-corrected chi connectivity index (χ2v) is 6.78. The molecule has 0 aromatic carbocycles. The SMILES string of the molecule is Cc1ncc(C(=O)N2CCC(Cc3cccnc3)CC2)s1. The molecule has 0 N–H and O–H groups in total. The number of carbonyl (C=O) groups excluding carboxylic acids is 1. The van der Waals surface area contributed by atoms with E-state index < -0.39 is 0 Å². The van der Waals surface area contributed by atoms with E-state index in [1.807, 2.05) is 30.3 Å². The number of hydrogen-bond donors (Lipinski definition) is 0. The van der Waals surface area contributed by atoms with Crippen LogP contribution < -0.4 is 0 Å². The Bertz CT molecular complexity index is 603. The molecule has 0 saturated carbocycles. The van der Waals surface area contributed by atoms with Crippen molar-refractivity contribution in [1.29, 1.82) is 0 Å². The Hall–Kier alpha value is -1.75. The molecule has 0 radical (unpaired) electrons. The molecule has 3 rings (SSSR count). The maximum atomic E-state index is 12.4. The van der Waals surface area contributed by atoms with Gasteiger partial charge in [-0.2, -0.15) is 0 Å². The first-order valence-electron chi connectivity index (χ1n) is 7.33. The van der Waals surface area contributed by atoms with Crippen LogP contribution in [0.15, 0.2) is 30.7 Å². The van der Waals surface area contributed by atoms with E-state index >= 15 is 0 Å². The number of amides is 1. The number of aromatic nitrogens is 2. The monoisotopic (exact) mass is 301 g/mol. The Morgan fingerprint density at radius 1 is 1.38 bits per heavy atom. The van der Waals surface area contributed by atoms with Crippen LogP contribution in [0.25, 0.3) is 0 Å². The number of carbonyl (C=O) groups is 1. The van der Waals surface area contributed by atoms with Crippen molar-refractivity contribution >= 4 is 17.2 Å². The smallest absolute Gasteiger partial charge is 0.265 e. The van der Waals surface area contributed by atoms with E-state index in [-0.39, 0.29) is 5.91 Å². The lowest BCUT2D eigenvalue weighted by atomic mass is 9.90. The maximum Gasteiger partial charge on any atom is 0.265 e. The first-order chi connectivity index (χ1) is 10.2. The van der Waals surface area contributed by atoms with Crippen molar-refractivity contribution in [3.63, 3.8) is 0 Å². The number of likely N-dealkylation sites (tertiary alicyclic amines) is 1. The minimum Gasteiger partial charge on any atom is -0.338 e. The third kappa shape index (κ3) is 3.47. The Morgan fingerprint density at radius 3 is 2.81 bits per heavy atom.